The van der Waals surface area contributed by atoms with Crippen LogP contribution in [0.5, 0.6) is 0 Å². The first-order chi connectivity index (χ1) is 9.29. The predicted octanol–water partition coefficient (Wildman–Crippen LogP) is 2.59. The van der Waals surface area contributed by atoms with E-state index >= 15 is 0 Å². The summed E-state index contributed by atoms with van der Waals surface area (Å²) in [5.41, 5.74) is 4.53. The maximum atomic E-state index is 11.7. The molecule has 0 saturated carbocycles. The highest BCUT2D eigenvalue weighted by atomic mass is 16.2. The molecule has 19 heavy (non-hydrogen) atoms. The molecule has 0 saturated heterocycles. The number of nitrogens with one attached hydrogen (secondary N) is 1. The second kappa shape index (κ2) is 4.88. The number of carbonyl (C=O) groups excluding carboxylic acids is 1. The minimum absolute atomic E-state index is 0.229. The van der Waals surface area contributed by atoms with Gasteiger partial charge in [-0.05, 0) is 24.1 Å². The molecule has 0 aromatic carbocycles. The number of rotatable bonds is 2. The van der Waals surface area contributed by atoms with E-state index in [0.717, 1.165) is 24.0 Å². The molecule has 1 aliphatic rings. The van der Waals surface area contributed by atoms with Gasteiger partial charge in [0, 0.05) is 37.5 Å². The Kier molecular flexibility index (Phi) is 3.07. The minimum Gasteiger partial charge on any atom is -0.359 e. The van der Waals surface area contributed by atoms with Crippen molar-refractivity contribution in [3.63, 3.8) is 0 Å². The molecule has 0 aliphatic carbocycles. The molecule has 0 fully saturated rings. The molecule has 98 valence electrons. The zero-order valence-corrected chi connectivity index (χ0v) is 11.0. The Labute approximate surface area is 112 Å². The van der Waals surface area contributed by atoms with Gasteiger partial charge in [-0.3, -0.25) is 9.78 Å². The molecule has 0 spiro atoms. The molecule has 3 heterocycles. The highest BCUT2D eigenvalue weighted by Gasteiger charge is 2.18. The fourth-order valence-corrected chi connectivity index (χ4v) is 2.56. The predicted molar refractivity (Wildman–Crippen MR) is 75.6 cm³/mol. The standard InChI is InChI=1S/C15H17N3O/c1-2-14(19)18-8-5-11(6-9-18)12-10-17-13-4-3-7-16-15(12)13/h3-5,7,10,17H,2,6,8-9H2,1H3. The van der Waals surface area contributed by atoms with E-state index in [2.05, 4.69) is 16.0 Å². The van der Waals surface area contributed by atoms with Gasteiger partial charge in [0.2, 0.25) is 5.91 Å². The minimum atomic E-state index is 0.229. The molecular formula is C15H17N3O. The van der Waals surface area contributed by atoms with Crippen LogP contribution in [0.3, 0.4) is 0 Å². The quantitative estimate of drug-likeness (QED) is 0.896. The first kappa shape index (κ1) is 12.0. The molecule has 3 rings (SSSR count). The van der Waals surface area contributed by atoms with Gasteiger partial charge < -0.3 is 9.88 Å². The van der Waals surface area contributed by atoms with Crippen LogP contribution in [-0.4, -0.2) is 33.9 Å². The third-order valence-corrected chi connectivity index (χ3v) is 3.65. The van der Waals surface area contributed by atoms with Crippen molar-refractivity contribution in [2.24, 2.45) is 0 Å². The summed E-state index contributed by atoms with van der Waals surface area (Å²) in [4.78, 5) is 21.2. The molecular weight excluding hydrogens is 238 g/mol. The van der Waals surface area contributed by atoms with Gasteiger partial charge in [-0.15, -0.1) is 0 Å². The number of fused-ring (bicyclic) bond motifs is 1. The van der Waals surface area contributed by atoms with Gasteiger partial charge in [0.25, 0.3) is 0 Å². The van der Waals surface area contributed by atoms with Crippen LogP contribution in [0, 0.1) is 0 Å². The number of H-pyrrole nitrogens is 1. The van der Waals surface area contributed by atoms with Crippen LogP contribution in [0.25, 0.3) is 16.6 Å². The van der Waals surface area contributed by atoms with Crippen molar-refractivity contribution in [2.45, 2.75) is 19.8 Å². The summed E-state index contributed by atoms with van der Waals surface area (Å²) in [7, 11) is 0. The Morgan fingerprint density at radius 3 is 3.16 bits per heavy atom. The number of aromatic amines is 1. The van der Waals surface area contributed by atoms with E-state index in [-0.39, 0.29) is 5.91 Å². The molecule has 4 nitrogen and oxygen atoms in total. The second-order valence-corrected chi connectivity index (χ2v) is 4.77. The summed E-state index contributed by atoms with van der Waals surface area (Å²) < 4.78 is 0. The Bertz CT molecular complexity index is 642. The van der Waals surface area contributed by atoms with Gasteiger partial charge >= 0.3 is 0 Å². The Morgan fingerprint density at radius 1 is 1.53 bits per heavy atom. The highest BCUT2D eigenvalue weighted by Crippen LogP contribution is 2.27. The molecule has 1 aliphatic heterocycles. The summed E-state index contributed by atoms with van der Waals surface area (Å²) in [6.07, 6.45) is 7.46. The Balaban J connectivity index is 1.88. The molecule has 2 aromatic rings. The van der Waals surface area contributed by atoms with Crippen molar-refractivity contribution in [1.29, 1.82) is 0 Å². The summed E-state index contributed by atoms with van der Waals surface area (Å²) in [5.74, 6) is 0.229. The van der Waals surface area contributed by atoms with Crippen LogP contribution in [0.15, 0.2) is 30.6 Å². The SMILES string of the molecule is CCC(=O)N1CC=C(c2c[nH]c3cccnc23)CC1. The summed E-state index contributed by atoms with van der Waals surface area (Å²) in [5, 5.41) is 0. The van der Waals surface area contributed by atoms with E-state index in [1.807, 2.05) is 36.4 Å². The lowest BCUT2D eigenvalue weighted by molar-refractivity contribution is -0.130. The number of amides is 1. The summed E-state index contributed by atoms with van der Waals surface area (Å²) in [6.45, 7) is 3.42. The monoisotopic (exact) mass is 255 g/mol. The lowest BCUT2D eigenvalue weighted by Gasteiger charge is -2.26. The van der Waals surface area contributed by atoms with Gasteiger partial charge in [-0.1, -0.05) is 13.0 Å². The zero-order chi connectivity index (χ0) is 13.2. The molecule has 0 bridgehead atoms. The highest BCUT2D eigenvalue weighted by molar-refractivity contribution is 5.90. The van der Waals surface area contributed by atoms with Gasteiger partial charge in [0.05, 0.1) is 11.0 Å². The molecule has 0 atom stereocenters. The van der Waals surface area contributed by atoms with Gasteiger partial charge in [0.1, 0.15) is 0 Å². The summed E-state index contributed by atoms with van der Waals surface area (Å²) in [6, 6.07) is 3.96. The number of hydrogen-bond acceptors (Lipinski definition) is 2. The first-order valence-corrected chi connectivity index (χ1v) is 6.69. The maximum absolute atomic E-state index is 11.7. The van der Waals surface area contributed by atoms with Gasteiger partial charge in [-0.25, -0.2) is 0 Å². The van der Waals surface area contributed by atoms with Crippen LogP contribution in [-0.2, 0) is 4.79 Å². The van der Waals surface area contributed by atoms with Gasteiger partial charge in [0.15, 0.2) is 0 Å². The van der Waals surface area contributed by atoms with E-state index < -0.39 is 0 Å². The fourth-order valence-electron chi connectivity index (χ4n) is 2.56. The van der Waals surface area contributed by atoms with Crippen LogP contribution in [0.4, 0.5) is 0 Å². The number of carbonyl (C=O) groups is 1. The van der Waals surface area contributed by atoms with Crippen molar-refractivity contribution >= 4 is 22.5 Å². The number of hydrogen-bond donors (Lipinski definition) is 1. The molecule has 0 unspecified atom stereocenters. The topological polar surface area (TPSA) is 49.0 Å². The van der Waals surface area contributed by atoms with E-state index in [9.17, 15) is 4.79 Å². The van der Waals surface area contributed by atoms with Crippen LogP contribution in [0.1, 0.15) is 25.3 Å². The van der Waals surface area contributed by atoms with Crippen LogP contribution < -0.4 is 0 Å². The number of nitrogens with zero attached hydrogens (tertiary/aromatic N) is 2. The Morgan fingerprint density at radius 2 is 2.42 bits per heavy atom. The zero-order valence-electron chi connectivity index (χ0n) is 11.0. The van der Waals surface area contributed by atoms with Gasteiger partial charge in [-0.2, -0.15) is 0 Å². The fraction of sp³-hybridized carbons (Fsp3) is 0.333. The van der Waals surface area contributed by atoms with E-state index in [0.29, 0.717) is 13.0 Å². The van der Waals surface area contributed by atoms with E-state index in [1.54, 1.807) is 0 Å². The molecule has 0 radical (unpaired) electrons. The lowest BCUT2D eigenvalue weighted by Crippen LogP contribution is -2.34. The molecule has 4 heteroatoms. The van der Waals surface area contributed by atoms with Crippen molar-refractivity contribution in [1.82, 2.24) is 14.9 Å². The molecule has 2 aromatic heterocycles. The average Bonchev–Trinajstić information content (AvgIpc) is 2.90. The normalized spacial score (nSPS) is 15.6. The number of aromatic nitrogens is 2. The Hall–Kier alpha value is -2.10. The first-order valence-electron chi connectivity index (χ1n) is 6.69. The lowest BCUT2D eigenvalue weighted by atomic mass is 10.0. The van der Waals surface area contributed by atoms with Crippen molar-refractivity contribution in [3.05, 3.63) is 36.2 Å². The van der Waals surface area contributed by atoms with Crippen molar-refractivity contribution < 1.29 is 4.79 Å². The van der Waals surface area contributed by atoms with Crippen LogP contribution >= 0.6 is 0 Å². The van der Waals surface area contributed by atoms with E-state index in [1.165, 1.54) is 11.1 Å². The van der Waals surface area contributed by atoms with Crippen LogP contribution in [0.2, 0.25) is 0 Å². The number of pyridine rings is 1. The largest absolute Gasteiger partial charge is 0.359 e. The second-order valence-electron chi connectivity index (χ2n) is 4.77. The van der Waals surface area contributed by atoms with Crippen molar-refractivity contribution in [2.75, 3.05) is 13.1 Å². The summed E-state index contributed by atoms with van der Waals surface area (Å²) >= 11 is 0. The average molecular weight is 255 g/mol. The molecule has 1 N–H and O–H groups in total. The third-order valence-electron chi connectivity index (χ3n) is 3.65. The van der Waals surface area contributed by atoms with Crippen molar-refractivity contribution in [3.8, 4) is 0 Å². The third kappa shape index (κ3) is 2.14. The maximum Gasteiger partial charge on any atom is 0.222 e. The molecule has 1 amide bonds. The smallest absolute Gasteiger partial charge is 0.222 e. The van der Waals surface area contributed by atoms with E-state index in [4.69, 9.17) is 0 Å².